The molecule has 2 atom stereocenters. The van der Waals surface area contributed by atoms with E-state index < -0.39 is 15.9 Å². The van der Waals surface area contributed by atoms with Gasteiger partial charge in [-0.2, -0.15) is 0 Å². The molecule has 35 heavy (non-hydrogen) atoms. The maximum atomic E-state index is 12.9. The molecule has 2 heterocycles. The third kappa shape index (κ3) is 5.48. The molecule has 2 N–H and O–H groups in total. The lowest BCUT2D eigenvalue weighted by Crippen LogP contribution is -2.29. The van der Waals surface area contributed by atoms with Crippen LogP contribution in [-0.4, -0.2) is 36.7 Å². The summed E-state index contributed by atoms with van der Waals surface area (Å²) in [7, 11) is -3.87. The fourth-order valence-corrected chi connectivity index (χ4v) is 4.94. The maximum absolute atomic E-state index is 12.9. The van der Waals surface area contributed by atoms with Crippen LogP contribution in [0.4, 0.5) is 17.3 Å². The molecule has 10 heteroatoms. The number of amides is 2. The number of hydrogen-bond acceptors (Lipinski definition) is 6. The van der Waals surface area contributed by atoms with E-state index in [0.29, 0.717) is 18.2 Å². The maximum Gasteiger partial charge on any atom is 0.264 e. The lowest BCUT2D eigenvalue weighted by atomic mass is 9.96. The summed E-state index contributed by atoms with van der Waals surface area (Å²) in [6.45, 7) is 4.52. The van der Waals surface area contributed by atoms with Crippen molar-refractivity contribution in [3.63, 3.8) is 0 Å². The first-order valence-electron chi connectivity index (χ1n) is 11.4. The van der Waals surface area contributed by atoms with Gasteiger partial charge >= 0.3 is 0 Å². The van der Waals surface area contributed by atoms with E-state index in [1.54, 1.807) is 11.0 Å². The Hall–Kier alpha value is -3.79. The molecule has 182 valence electrons. The third-order valence-electron chi connectivity index (χ3n) is 6.09. The summed E-state index contributed by atoms with van der Waals surface area (Å²) in [5.41, 5.74) is 2.39. The normalized spacial score (nSPS) is 16.7. The standard InChI is InChI=1S/C25H27N5O4S/c1-3-17(2)21-7-4-5-8-22(21)30-16-18(15-23(30)31)24(32)28-19-9-11-20(12-10-19)35(33,34)29-25-26-13-6-14-27-25/h4-14,17-18H,3,15-16H2,1-2H3,(H,28,32)(H,26,27,29)/t17-,18-/m0/s1. The summed E-state index contributed by atoms with van der Waals surface area (Å²) in [6.07, 6.45) is 3.93. The van der Waals surface area contributed by atoms with Gasteiger partial charge in [0, 0.05) is 36.7 Å². The average molecular weight is 494 g/mol. The van der Waals surface area contributed by atoms with Gasteiger partial charge in [-0.05, 0) is 54.3 Å². The van der Waals surface area contributed by atoms with Crippen LogP contribution in [0, 0.1) is 5.92 Å². The van der Waals surface area contributed by atoms with E-state index >= 15 is 0 Å². The van der Waals surface area contributed by atoms with Crippen LogP contribution in [-0.2, 0) is 19.6 Å². The van der Waals surface area contributed by atoms with E-state index in [2.05, 4.69) is 33.9 Å². The fraction of sp³-hybridized carbons (Fsp3) is 0.280. The molecule has 4 rings (SSSR count). The van der Waals surface area contributed by atoms with Crippen molar-refractivity contribution in [2.45, 2.75) is 37.5 Å². The number of rotatable bonds is 8. The zero-order valence-electron chi connectivity index (χ0n) is 19.5. The van der Waals surface area contributed by atoms with Crippen molar-refractivity contribution in [2.75, 3.05) is 21.5 Å². The number of aromatic nitrogens is 2. The number of carbonyl (C=O) groups is 2. The summed E-state index contributed by atoms with van der Waals surface area (Å²) >= 11 is 0. The molecule has 1 saturated heterocycles. The molecule has 1 aromatic heterocycles. The number of nitrogens with zero attached hydrogens (tertiary/aromatic N) is 3. The van der Waals surface area contributed by atoms with E-state index in [-0.39, 0.29) is 29.1 Å². The van der Waals surface area contributed by atoms with Gasteiger partial charge in [0.05, 0.1) is 10.8 Å². The van der Waals surface area contributed by atoms with E-state index in [1.165, 1.54) is 36.7 Å². The fourth-order valence-electron chi connectivity index (χ4n) is 3.98. The number of carbonyl (C=O) groups excluding carboxylic acids is 2. The first-order valence-corrected chi connectivity index (χ1v) is 12.9. The zero-order chi connectivity index (χ0) is 25.0. The molecule has 9 nitrogen and oxygen atoms in total. The highest BCUT2D eigenvalue weighted by molar-refractivity contribution is 7.92. The summed E-state index contributed by atoms with van der Waals surface area (Å²) < 4.78 is 27.4. The molecule has 0 saturated carbocycles. The molecule has 0 radical (unpaired) electrons. The Balaban J connectivity index is 1.42. The molecule has 2 amide bonds. The number of nitrogens with one attached hydrogen (secondary N) is 2. The summed E-state index contributed by atoms with van der Waals surface area (Å²) in [5, 5.41) is 2.80. The Morgan fingerprint density at radius 3 is 2.46 bits per heavy atom. The van der Waals surface area contributed by atoms with Gasteiger partial charge in [0.1, 0.15) is 0 Å². The summed E-state index contributed by atoms with van der Waals surface area (Å²) in [6, 6.07) is 15.2. The Morgan fingerprint density at radius 1 is 1.09 bits per heavy atom. The van der Waals surface area contributed by atoms with Crippen molar-refractivity contribution in [2.24, 2.45) is 5.92 Å². The van der Waals surface area contributed by atoms with Crippen molar-refractivity contribution >= 4 is 39.2 Å². The topological polar surface area (TPSA) is 121 Å². The van der Waals surface area contributed by atoms with Gasteiger partial charge in [-0.15, -0.1) is 0 Å². The lowest BCUT2D eigenvalue weighted by molar-refractivity contribution is -0.122. The van der Waals surface area contributed by atoms with Gasteiger partial charge in [-0.25, -0.2) is 23.1 Å². The molecular formula is C25H27N5O4S. The monoisotopic (exact) mass is 493 g/mol. The van der Waals surface area contributed by atoms with E-state index in [1.807, 2.05) is 24.3 Å². The van der Waals surface area contributed by atoms with E-state index in [0.717, 1.165) is 17.7 Å². The largest absolute Gasteiger partial charge is 0.326 e. The predicted octanol–water partition coefficient (Wildman–Crippen LogP) is 3.78. The van der Waals surface area contributed by atoms with E-state index in [9.17, 15) is 18.0 Å². The molecule has 0 spiro atoms. The third-order valence-corrected chi connectivity index (χ3v) is 7.43. The highest BCUT2D eigenvalue weighted by Crippen LogP contribution is 2.33. The molecular weight excluding hydrogens is 466 g/mol. The molecule has 3 aromatic rings. The van der Waals surface area contributed by atoms with Crippen molar-refractivity contribution in [1.29, 1.82) is 0 Å². The van der Waals surface area contributed by atoms with Crippen molar-refractivity contribution in [1.82, 2.24) is 9.97 Å². The molecule has 0 bridgehead atoms. The van der Waals surface area contributed by atoms with Crippen molar-refractivity contribution < 1.29 is 18.0 Å². The Bertz CT molecular complexity index is 1310. The molecule has 1 aliphatic rings. The number of para-hydroxylation sites is 1. The molecule has 0 unspecified atom stereocenters. The Morgan fingerprint density at radius 2 is 1.77 bits per heavy atom. The number of sulfonamides is 1. The van der Waals surface area contributed by atoms with Crippen LogP contribution in [0.25, 0.3) is 0 Å². The van der Waals surface area contributed by atoms with Crippen LogP contribution in [0.3, 0.4) is 0 Å². The molecule has 0 aliphatic carbocycles. The number of hydrogen-bond donors (Lipinski definition) is 2. The van der Waals surface area contributed by atoms with E-state index in [4.69, 9.17) is 0 Å². The lowest BCUT2D eigenvalue weighted by Gasteiger charge is -2.23. The summed E-state index contributed by atoms with van der Waals surface area (Å²) in [4.78, 5) is 35.1. The second-order valence-corrected chi connectivity index (χ2v) is 10.1. The highest BCUT2D eigenvalue weighted by Gasteiger charge is 2.36. The van der Waals surface area contributed by atoms with Crippen molar-refractivity contribution in [3.8, 4) is 0 Å². The summed E-state index contributed by atoms with van der Waals surface area (Å²) in [5.74, 6) is -0.613. The van der Waals surface area contributed by atoms with Crippen LogP contribution in [0.5, 0.6) is 0 Å². The minimum atomic E-state index is -3.87. The van der Waals surface area contributed by atoms with Crippen LogP contribution < -0.4 is 14.9 Å². The average Bonchev–Trinajstić information content (AvgIpc) is 3.26. The number of benzene rings is 2. The highest BCUT2D eigenvalue weighted by atomic mass is 32.2. The van der Waals surface area contributed by atoms with Gasteiger partial charge in [-0.1, -0.05) is 32.0 Å². The van der Waals surface area contributed by atoms with Crippen LogP contribution in [0.1, 0.15) is 38.2 Å². The first-order chi connectivity index (χ1) is 16.8. The Labute approximate surface area is 204 Å². The van der Waals surface area contributed by atoms with Crippen LogP contribution in [0.15, 0.2) is 71.9 Å². The second-order valence-electron chi connectivity index (χ2n) is 8.47. The van der Waals surface area contributed by atoms with Crippen molar-refractivity contribution in [3.05, 3.63) is 72.6 Å². The van der Waals surface area contributed by atoms with Gasteiger partial charge in [0.25, 0.3) is 10.0 Å². The first kappa shape index (κ1) is 24.3. The Kier molecular flexibility index (Phi) is 7.11. The minimum absolute atomic E-state index is 0.00632. The zero-order valence-corrected chi connectivity index (χ0v) is 20.3. The SMILES string of the molecule is CC[C@H](C)c1ccccc1N1C[C@@H](C(=O)Nc2ccc(S(=O)(=O)Nc3ncccn3)cc2)CC1=O. The van der Waals surface area contributed by atoms with Crippen LogP contribution >= 0.6 is 0 Å². The quantitative estimate of drug-likeness (QED) is 0.493. The second kappa shape index (κ2) is 10.2. The predicted molar refractivity (Wildman–Crippen MR) is 134 cm³/mol. The van der Waals surface area contributed by atoms with Gasteiger partial charge in [0.15, 0.2) is 0 Å². The van der Waals surface area contributed by atoms with Gasteiger partial charge in [-0.3, -0.25) is 9.59 Å². The molecule has 2 aromatic carbocycles. The smallest absolute Gasteiger partial charge is 0.264 e. The van der Waals surface area contributed by atoms with Gasteiger partial charge in [0.2, 0.25) is 17.8 Å². The molecule has 1 fully saturated rings. The van der Waals surface area contributed by atoms with Gasteiger partial charge < -0.3 is 10.2 Å². The minimum Gasteiger partial charge on any atom is -0.326 e. The van der Waals surface area contributed by atoms with Crippen LogP contribution in [0.2, 0.25) is 0 Å². The number of anilines is 3. The molecule has 1 aliphatic heterocycles.